The normalized spacial score (nSPS) is 22.9. The molecular formula is C14H22N2O2S2. The molecule has 0 aromatic heterocycles. The minimum Gasteiger partial charge on any atom is -0.397 e. The summed E-state index contributed by atoms with van der Waals surface area (Å²) in [5, 5.41) is 4.17. The van der Waals surface area contributed by atoms with Gasteiger partial charge in [0, 0.05) is 17.5 Å². The third-order valence-electron chi connectivity index (χ3n) is 3.60. The summed E-state index contributed by atoms with van der Waals surface area (Å²) in [7, 11) is -3.20. The van der Waals surface area contributed by atoms with Crippen LogP contribution in [0.3, 0.4) is 0 Å². The van der Waals surface area contributed by atoms with E-state index in [2.05, 4.69) is 12.2 Å². The number of sulfone groups is 1. The Hall–Kier alpha value is -0.880. The Morgan fingerprint density at radius 2 is 2.15 bits per heavy atom. The molecule has 0 bridgehead atoms. The van der Waals surface area contributed by atoms with Crippen LogP contribution in [0.25, 0.3) is 0 Å². The lowest BCUT2D eigenvalue weighted by Crippen LogP contribution is -2.17. The summed E-state index contributed by atoms with van der Waals surface area (Å²) in [6.45, 7) is 2.19. The molecular weight excluding hydrogens is 292 g/mol. The van der Waals surface area contributed by atoms with Crippen molar-refractivity contribution < 1.29 is 8.42 Å². The quantitative estimate of drug-likeness (QED) is 0.818. The Labute approximate surface area is 125 Å². The second-order valence-electron chi connectivity index (χ2n) is 5.25. The van der Waals surface area contributed by atoms with E-state index in [9.17, 15) is 8.42 Å². The number of rotatable bonds is 5. The van der Waals surface area contributed by atoms with E-state index in [1.54, 1.807) is 12.1 Å². The highest BCUT2D eigenvalue weighted by atomic mass is 32.2. The molecule has 2 atom stereocenters. The van der Waals surface area contributed by atoms with Crippen molar-refractivity contribution in [1.29, 1.82) is 0 Å². The standard InChI is InChI=1S/C14H22N2O2S2/c1-3-19-11-5-4-10(8-11)16-14-7-6-12(9-13(14)15)20(2,17)18/h6-7,9-11,16H,3-5,8,15H2,1-2H3. The van der Waals surface area contributed by atoms with Gasteiger partial charge in [-0.05, 0) is 43.2 Å². The number of thioether (sulfide) groups is 1. The van der Waals surface area contributed by atoms with Gasteiger partial charge in [-0.3, -0.25) is 0 Å². The lowest BCUT2D eigenvalue weighted by atomic mass is 10.2. The summed E-state index contributed by atoms with van der Waals surface area (Å²) in [5.74, 6) is 1.16. The fourth-order valence-corrected chi connectivity index (χ4v) is 4.38. The zero-order valence-electron chi connectivity index (χ0n) is 11.9. The van der Waals surface area contributed by atoms with Crippen molar-refractivity contribution in [3.05, 3.63) is 18.2 Å². The monoisotopic (exact) mass is 314 g/mol. The molecule has 20 heavy (non-hydrogen) atoms. The first-order valence-electron chi connectivity index (χ1n) is 6.88. The molecule has 1 aromatic rings. The molecule has 0 heterocycles. The van der Waals surface area contributed by atoms with E-state index < -0.39 is 9.84 Å². The highest BCUT2D eigenvalue weighted by Crippen LogP contribution is 2.33. The summed E-state index contributed by atoms with van der Waals surface area (Å²) < 4.78 is 23.0. The third-order valence-corrected chi connectivity index (χ3v) is 5.94. The van der Waals surface area contributed by atoms with Gasteiger partial charge in [0.1, 0.15) is 0 Å². The van der Waals surface area contributed by atoms with Crippen LogP contribution in [0.2, 0.25) is 0 Å². The average molecular weight is 314 g/mol. The van der Waals surface area contributed by atoms with Crippen molar-refractivity contribution in [3.8, 4) is 0 Å². The fraction of sp³-hybridized carbons (Fsp3) is 0.571. The van der Waals surface area contributed by atoms with Gasteiger partial charge < -0.3 is 11.1 Å². The summed E-state index contributed by atoms with van der Waals surface area (Å²) in [4.78, 5) is 0.270. The summed E-state index contributed by atoms with van der Waals surface area (Å²) in [5.41, 5.74) is 7.29. The van der Waals surface area contributed by atoms with Crippen LogP contribution >= 0.6 is 11.8 Å². The fourth-order valence-electron chi connectivity index (χ4n) is 2.58. The van der Waals surface area contributed by atoms with E-state index in [1.165, 1.54) is 18.7 Å². The van der Waals surface area contributed by atoms with Crippen molar-refractivity contribution in [2.75, 3.05) is 23.1 Å². The Balaban J connectivity index is 2.04. The van der Waals surface area contributed by atoms with Gasteiger partial charge in [0.15, 0.2) is 9.84 Å². The number of anilines is 2. The van der Waals surface area contributed by atoms with Gasteiger partial charge in [0.25, 0.3) is 0 Å². The highest BCUT2D eigenvalue weighted by molar-refractivity contribution is 7.99. The molecule has 4 nitrogen and oxygen atoms in total. The maximum atomic E-state index is 11.5. The molecule has 3 N–H and O–H groups in total. The summed E-state index contributed by atoms with van der Waals surface area (Å²) in [6, 6.07) is 5.35. The largest absolute Gasteiger partial charge is 0.397 e. The van der Waals surface area contributed by atoms with Crippen molar-refractivity contribution in [2.24, 2.45) is 0 Å². The van der Waals surface area contributed by atoms with Gasteiger partial charge in [-0.15, -0.1) is 0 Å². The van der Waals surface area contributed by atoms with Crippen LogP contribution < -0.4 is 11.1 Å². The number of nitrogen functional groups attached to an aromatic ring is 1. The number of nitrogens with one attached hydrogen (secondary N) is 1. The average Bonchev–Trinajstić information content (AvgIpc) is 2.78. The first-order valence-corrected chi connectivity index (χ1v) is 9.82. The van der Waals surface area contributed by atoms with E-state index in [0.717, 1.165) is 29.5 Å². The van der Waals surface area contributed by atoms with Crippen LogP contribution in [0.5, 0.6) is 0 Å². The molecule has 0 spiro atoms. The van der Waals surface area contributed by atoms with Gasteiger partial charge in [-0.2, -0.15) is 11.8 Å². The molecule has 0 aliphatic heterocycles. The van der Waals surface area contributed by atoms with Crippen LogP contribution in [-0.2, 0) is 9.84 Å². The van der Waals surface area contributed by atoms with Crippen LogP contribution in [0, 0.1) is 0 Å². The predicted octanol–water partition coefficient (Wildman–Crippen LogP) is 2.76. The third kappa shape index (κ3) is 3.82. The second kappa shape index (κ2) is 6.26. The highest BCUT2D eigenvalue weighted by Gasteiger charge is 2.24. The molecule has 2 unspecified atom stereocenters. The Kier molecular flexibility index (Phi) is 4.86. The number of nitrogens with two attached hydrogens (primary N) is 1. The molecule has 0 amide bonds. The topological polar surface area (TPSA) is 72.2 Å². The van der Waals surface area contributed by atoms with E-state index in [-0.39, 0.29) is 4.90 Å². The van der Waals surface area contributed by atoms with E-state index in [0.29, 0.717) is 11.7 Å². The Bertz CT molecular complexity index is 573. The first kappa shape index (κ1) is 15.5. The van der Waals surface area contributed by atoms with E-state index in [1.807, 2.05) is 11.8 Å². The molecule has 0 saturated heterocycles. The van der Waals surface area contributed by atoms with E-state index in [4.69, 9.17) is 5.73 Å². The van der Waals surface area contributed by atoms with Crippen molar-refractivity contribution in [3.63, 3.8) is 0 Å². The van der Waals surface area contributed by atoms with Crippen molar-refractivity contribution >= 4 is 33.0 Å². The molecule has 1 aliphatic rings. The van der Waals surface area contributed by atoms with Gasteiger partial charge in [0.05, 0.1) is 16.3 Å². The number of hydrogen-bond acceptors (Lipinski definition) is 5. The van der Waals surface area contributed by atoms with E-state index >= 15 is 0 Å². The maximum absolute atomic E-state index is 11.5. The van der Waals surface area contributed by atoms with Crippen LogP contribution in [-0.4, -0.2) is 31.7 Å². The number of benzene rings is 1. The molecule has 1 aliphatic carbocycles. The second-order valence-corrected chi connectivity index (χ2v) is 8.85. The van der Waals surface area contributed by atoms with Gasteiger partial charge in [-0.1, -0.05) is 6.92 Å². The van der Waals surface area contributed by atoms with Crippen LogP contribution in [0.15, 0.2) is 23.1 Å². The van der Waals surface area contributed by atoms with Gasteiger partial charge in [-0.25, -0.2) is 8.42 Å². The first-order chi connectivity index (χ1) is 9.40. The molecule has 1 fully saturated rings. The Morgan fingerprint density at radius 1 is 1.40 bits per heavy atom. The molecule has 1 saturated carbocycles. The van der Waals surface area contributed by atoms with Crippen molar-refractivity contribution in [2.45, 2.75) is 42.4 Å². The minimum atomic E-state index is -3.20. The van der Waals surface area contributed by atoms with Gasteiger partial charge >= 0.3 is 0 Å². The summed E-state index contributed by atoms with van der Waals surface area (Å²) >= 11 is 2.01. The lowest BCUT2D eigenvalue weighted by Gasteiger charge is -2.16. The maximum Gasteiger partial charge on any atom is 0.175 e. The Morgan fingerprint density at radius 3 is 2.75 bits per heavy atom. The zero-order valence-corrected chi connectivity index (χ0v) is 13.6. The van der Waals surface area contributed by atoms with Crippen LogP contribution in [0.1, 0.15) is 26.2 Å². The van der Waals surface area contributed by atoms with Gasteiger partial charge in [0.2, 0.25) is 0 Å². The minimum absolute atomic E-state index is 0.270. The molecule has 0 radical (unpaired) electrons. The zero-order chi connectivity index (χ0) is 14.8. The lowest BCUT2D eigenvalue weighted by molar-refractivity contribution is 0.602. The molecule has 2 rings (SSSR count). The summed E-state index contributed by atoms with van der Waals surface area (Å²) in [6.07, 6.45) is 4.71. The molecule has 112 valence electrons. The molecule has 6 heteroatoms. The molecule has 1 aromatic carbocycles. The SMILES string of the molecule is CCSC1CCC(Nc2ccc(S(C)(=O)=O)cc2N)C1. The predicted molar refractivity (Wildman–Crippen MR) is 87.1 cm³/mol. The van der Waals surface area contributed by atoms with Crippen molar-refractivity contribution in [1.82, 2.24) is 0 Å². The van der Waals surface area contributed by atoms with Crippen LogP contribution in [0.4, 0.5) is 11.4 Å². The number of hydrogen-bond donors (Lipinski definition) is 2. The smallest absolute Gasteiger partial charge is 0.175 e.